The number of para-hydroxylation sites is 1. The molecule has 0 saturated carbocycles. The second kappa shape index (κ2) is 4.72. The maximum Gasteiger partial charge on any atom is 0.304 e. The Morgan fingerprint density at radius 3 is 2.40 bits per heavy atom. The molecule has 0 bridgehead atoms. The Bertz CT molecular complexity index is 352. The molecule has 0 aliphatic heterocycles. The third-order valence-corrected chi connectivity index (χ3v) is 2.03. The number of alkyl halides is 2. The maximum absolute atomic E-state index is 12.6. The fourth-order valence-electron chi connectivity index (χ4n) is 1.32. The van der Waals surface area contributed by atoms with E-state index in [1.807, 2.05) is 0 Å². The van der Waals surface area contributed by atoms with Crippen LogP contribution in [0.1, 0.15) is 17.9 Å². The van der Waals surface area contributed by atoms with Gasteiger partial charge in [0.25, 0.3) is 0 Å². The molecule has 0 aromatic heterocycles. The number of carboxylic acid groups (broad SMARTS) is 1. The Morgan fingerprint density at radius 2 is 1.93 bits per heavy atom. The summed E-state index contributed by atoms with van der Waals surface area (Å²) in [5.74, 6) is -3.09. The van der Waals surface area contributed by atoms with Gasteiger partial charge >= 0.3 is 5.97 Å². The van der Waals surface area contributed by atoms with E-state index in [1.54, 1.807) is 0 Å². The van der Waals surface area contributed by atoms with Gasteiger partial charge in [0, 0.05) is 5.56 Å². The Kier molecular flexibility index (Phi) is 3.60. The number of hydrogen-bond donors (Lipinski definition) is 2. The molecule has 0 spiro atoms. The lowest BCUT2D eigenvalue weighted by Crippen LogP contribution is -2.14. The molecule has 3 nitrogen and oxygen atoms in total. The molecule has 0 fully saturated rings. The number of benzene rings is 1. The molecule has 0 saturated heterocycles. The summed E-state index contributed by atoms with van der Waals surface area (Å²) in [6, 6.07) is 5.52. The molecular formula is C10H10F2O3. The minimum Gasteiger partial charge on any atom is -0.508 e. The van der Waals surface area contributed by atoms with Crippen molar-refractivity contribution < 1.29 is 23.8 Å². The lowest BCUT2D eigenvalue weighted by Gasteiger charge is -2.15. The van der Waals surface area contributed by atoms with E-state index in [0.29, 0.717) is 0 Å². The van der Waals surface area contributed by atoms with Crippen molar-refractivity contribution in [2.75, 3.05) is 0 Å². The minimum atomic E-state index is -2.81. The first-order valence-electron chi connectivity index (χ1n) is 4.30. The Labute approximate surface area is 85.0 Å². The number of phenols is 1. The van der Waals surface area contributed by atoms with Crippen molar-refractivity contribution in [1.82, 2.24) is 0 Å². The summed E-state index contributed by atoms with van der Waals surface area (Å²) in [4.78, 5) is 10.4. The van der Waals surface area contributed by atoms with E-state index in [4.69, 9.17) is 5.11 Å². The van der Waals surface area contributed by atoms with E-state index in [2.05, 4.69) is 0 Å². The molecule has 1 aromatic rings. The summed E-state index contributed by atoms with van der Waals surface area (Å²) in [5.41, 5.74) is -0.0325. The number of rotatable bonds is 4. The van der Waals surface area contributed by atoms with Crippen LogP contribution in [0, 0.1) is 0 Å². The van der Waals surface area contributed by atoms with Crippen LogP contribution in [0.4, 0.5) is 8.78 Å². The van der Waals surface area contributed by atoms with Gasteiger partial charge in [0.15, 0.2) is 0 Å². The fourth-order valence-corrected chi connectivity index (χ4v) is 1.32. The maximum atomic E-state index is 12.6. The predicted octanol–water partition coefficient (Wildman–Crippen LogP) is 2.22. The molecule has 0 heterocycles. The van der Waals surface area contributed by atoms with Gasteiger partial charge in [-0.05, 0) is 6.07 Å². The summed E-state index contributed by atoms with van der Waals surface area (Å²) >= 11 is 0. The summed E-state index contributed by atoms with van der Waals surface area (Å²) in [7, 11) is 0. The smallest absolute Gasteiger partial charge is 0.304 e. The molecule has 0 aliphatic rings. The average Bonchev–Trinajstić information content (AvgIpc) is 2.15. The highest BCUT2D eigenvalue weighted by Gasteiger charge is 2.27. The van der Waals surface area contributed by atoms with Crippen molar-refractivity contribution in [3.63, 3.8) is 0 Å². The Balaban J connectivity index is 2.99. The zero-order chi connectivity index (χ0) is 11.4. The van der Waals surface area contributed by atoms with Gasteiger partial charge < -0.3 is 10.2 Å². The molecule has 1 rings (SSSR count). The number of aromatic hydroxyl groups is 1. The van der Waals surface area contributed by atoms with Gasteiger partial charge in [0.2, 0.25) is 6.43 Å². The quantitative estimate of drug-likeness (QED) is 0.811. The Morgan fingerprint density at radius 1 is 1.33 bits per heavy atom. The van der Waals surface area contributed by atoms with Crippen LogP contribution in [0.15, 0.2) is 24.3 Å². The van der Waals surface area contributed by atoms with E-state index in [9.17, 15) is 18.7 Å². The van der Waals surface area contributed by atoms with E-state index in [1.165, 1.54) is 24.3 Å². The molecule has 1 atom stereocenters. The van der Waals surface area contributed by atoms with E-state index >= 15 is 0 Å². The van der Waals surface area contributed by atoms with Gasteiger partial charge in [-0.2, -0.15) is 0 Å². The van der Waals surface area contributed by atoms with Crippen LogP contribution < -0.4 is 0 Å². The number of phenolic OH excluding ortho intramolecular Hbond substituents is 1. The standard InChI is InChI=1S/C10H10F2O3/c11-10(12)7(5-9(14)15)6-3-1-2-4-8(6)13/h1-4,7,10,13H,5H2,(H,14,15). The highest BCUT2D eigenvalue weighted by molar-refractivity contribution is 5.68. The van der Waals surface area contributed by atoms with Gasteiger partial charge in [0.05, 0.1) is 12.3 Å². The summed E-state index contributed by atoms with van der Waals surface area (Å²) in [6.07, 6.45) is -3.51. The molecule has 0 radical (unpaired) electrons. The van der Waals surface area contributed by atoms with Crippen LogP contribution in [0.3, 0.4) is 0 Å². The number of carbonyl (C=O) groups is 1. The molecule has 2 N–H and O–H groups in total. The zero-order valence-corrected chi connectivity index (χ0v) is 7.73. The molecular weight excluding hydrogens is 206 g/mol. The second-order valence-electron chi connectivity index (χ2n) is 3.10. The third kappa shape index (κ3) is 2.90. The fraction of sp³-hybridized carbons (Fsp3) is 0.300. The van der Waals surface area contributed by atoms with Crippen molar-refractivity contribution in [3.8, 4) is 5.75 Å². The topological polar surface area (TPSA) is 57.5 Å². The number of carboxylic acids is 1. The molecule has 0 aliphatic carbocycles. The molecule has 15 heavy (non-hydrogen) atoms. The average molecular weight is 216 g/mol. The van der Waals surface area contributed by atoms with Crippen molar-refractivity contribution >= 4 is 5.97 Å². The van der Waals surface area contributed by atoms with Crippen LogP contribution >= 0.6 is 0 Å². The first-order chi connectivity index (χ1) is 7.02. The van der Waals surface area contributed by atoms with E-state index in [0.717, 1.165) is 0 Å². The van der Waals surface area contributed by atoms with Crippen LogP contribution in [-0.2, 0) is 4.79 Å². The molecule has 82 valence electrons. The van der Waals surface area contributed by atoms with Gasteiger partial charge in [-0.15, -0.1) is 0 Å². The van der Waals surface area contributed by atoms with Gasteiger partial charge in [-0.3, -0.25) is 4.79 Å². The van der Waals surface area contributed by atoms with E-state index < -0.39 is 24.7 Å². The van der Waals surface area contributed by atoms with Crippen LogP contribution in [0.25, 0.3) is 0 Å². The van der Waals surface area contributed by atoms with Crippen molar-refractivity contribution in [3.05, 3.63) is 29.8 Å². The molecule has 0 amide bonds. The van der Waals surface area contributed by atoms with Crippen LogP contribution in [-0.4, -0.2) is 22.6 Å². The number of halogens is 2. The van der Waals surface area contributed by atoms with Crippen LogP contribution in [0.5, 0.6) is 5.75 Å². The van der Waals surface area contributed by atoms with Crippen molar-refractivity contribution in [1.29, 1.82) is 0 Å². The minimum absolute atomic E-state index is 0.0325. The lowest BCUT2D eigenvalue weighted by molar-refractivity contribution is -0.138. The van der Waals surface area contributed by atoms with Crippen molar-refractivity contribution in [2.45, 2.75) is 18.8 Å². The summed E-state index contributed by atoms with van der Waals surface area (Å²) in [5, 5.41) is 17.8. The monoisotopic (exact) mass is 216 g/mol. The van der Waals surface area contributed by atoms with Crippen LogP contribution in [0.2, 0.25) is 0 Å². The summed E-state index contributed by atoms with van der Waals surface area (Å²) < 4.78 is 25.1. The highest BCUT2D eigenvalue weighted by atomic mass is 19.3. The lowest BCUT2D eigenvalue weighted by atomic mass is 9.95. The molecule has 5 heteroatoms. The first kappa shape index (κ1) is 11.4. The highest BCUT2D eigenvalue weighted by Crippen LogP contribution is 2.32. The van der Waals surface area contributed by atoms with Gasteiger partial charge in [0.1, 0.15) is 5.75 Å². The largest absolute Gasteiger partial charge is 0.508 e. The first-order valence-corrected chi connectivity index (χ1v) is 4.30. The molecule has 1 unspecified atom stereocenters. The van der Waals surface area contributed by atoms with Gasteiger partial charge in [-0.1, -0.05) is 18.2 Å². The second-order valence-corrected chi connectivity index (χ2v) is 3.10. The normalized spacial score (nSPS) is 12.7. The predicted molar refractivity (Wildman–Crippen MR) is 49.1 cm³/mol. The van der Waals surface area contributed by atoms with E-state index in [-0.39, 0.29) is 11.3 Å². The van der Waals surface area contributed by atoms with Gasteiger partial charge in [-0.25, -0.2) is 8.78 Å². The molecule has 1 aromatic carbocycles. The zero-order valence-electron chi connectivity index (χ0n) is 7.73. The SMILES string of the molecule is O=C(O)CC(c1ccccc1O)C(F)F. The number of aliphatic carboxylic acids is 1. The third-order valence-electron chi connectivity index (χ3n) is 2.03. The Hall–Kier alpha value is -1.65. The number of hydrogen-bond acceptors (Lipinski definition) is 2. The summed E-state index contributed by atoms with van der Waals surface area (Å²) in [6.45, 7) is 0. The van der Waals surface area contributed by atoms with Crippen molar-refractivity contribution in [2.24, 2.45) is 0 Å².